The number of methoxy groups -OCH3 is 1. The van der Waals surface area contributed by atoms with Crippen molar-refractivity contribution < 1.29 is 23.8 Å². The third-order valence-electron chi connectivity index (χ3n) is 3.21. The van der Waals surface area contributed by atoms with Gasteiger partial charge >= 0.3 is 5.97 Å². The number of benzene rings is 1. The highest BCUT2D eigenvalue weighted by molar-refractivity contribution is 5.96. The van der Waals surface area contributed by atoms with E-state index >= 15 is 0 Å². The van der Waals surface area contributed by atoms with Gasteiger partial charge in [-0.05, 0) is 43.3 Å². The number of carbonyl (C=O) groups excluding carboxylic acids is 2. The molecule has 0 saturated carbocycles. The number of carbonyl (C=O) groups is 2. The third-order valence-corrected chi connectivity index (χ3v) is 3.21. The summed E-state index contributed by atoms with van der Waals surface area (Å²) < 4.78 is 9.73. The fraction of sp³-hybridized carbons (Fsp3) is 0.250. The molecule has 6 heteroatoms. The molecule has 0 aliphatic heterocycles. The average Bonchev–Trinajstić information content (AvgIpc) is 3.07. The lowest BCUT2D eigenvalue weighted by molar-refractivity contribution is 0.0330. The number of furan rings is 1. The predicted octanol–water partition coefficient (Wildman–Crippen LogP) is 1.70. The SMILES string of the molecule is COC(=O)c1ccc(C(=O)NCC(C)(O)c2ccco2)cc1. The normalized spacial score (nSPS) is 13.2. The summed E-state index contributed by atoms with van der Waals surface area (Å²) in [5, 5.41) is 12.9. The molecule has 0 spiro atoms. The second kappa shape index (κ2) is 6.44. The van der Waals surface area contributed by atoms with Gasteiger partial charge in [0.25, 0.3) is 5.91 Å². The molecule has 22 heavy (non-hydrogen) atoms. The van der Waals surface area contributed by atoms with Crippen LogP contribution in [0.3, 0.4) is 0 Å². The Morgan fingerprint density at radius 1 is 1.23 bits per heavy atom. The van der Waals surface area contributed by atoms with Crippen LogP contribution in [-0.4, -0.2) is 30.6 Å². The Kier molecular flexibility index (Phi) is 4.62. The first-order chi connectivity index (χ1) is 10.4. The van der Waals surface area contributed by atoms with Crippen LogP contribution in [0.1, 0.15) is 33.4 Å². The van der Waals surface area contributed by atoms with Crippen molar-refractivity contribution in [2.24, 2.45) is 0 Å². The van der Waals surface area contributed by atoms with E-state index in [1.54, 1.807) is 19.1 Å². The highest BCUT2D eigenvalue weighted by Gasteiger charge is 2.26. The summed E-state index contributed by atoms with van der Waals surface area (Å²) in [4.78, 5) is 23.4. The lowest BCUT2D eigenvalue weighted by Gasteiger charge is -2.21. The number of aliphatic hydroxyl groups is 1. The second-order valence-corrected chi connectivity index (χ2v) is 5.00. The fourth-order valence-electron chi connectivity index (χ4n) is 1.90. The predicted molar refractivity (Wildman–Crippen MR) is 78.4 cm³/mol. The van der Waals surface area contributed by atoms with Crippen LogP contribution < -0.4 is 5.32 Å². The van der Waals surface area contributed by atoms with Gasteiger partial charge in [0.05, 0.1) is 25.5 Å². The van der Waals surface area contributed by atoms with Gasteiger partial charge in [0.15, 0.2) is 0 Å². The van der Waals surface area contributed by atoms with Crippen molar-refractivity contribution >= 4 is 11.9 Å². The largest absolute Gasteiger partial charge is 0.466 e. The zero-order valence-electron chi connectivity index (χ0n) is 12.3. The van der Waals surface area contributed by atoms with E-state index in [0.717, 1.165) is 0 Å². The molecule has 2 aromatic rings. The van der Waals surface area contributed by atoms with E-state index in [0.29, 0.717) is 16.9 Å². The molecule has 1 aromatic heterocycles. The summed E-state index contributed by atoms with van der Waals surface area (Å²) in [6.45, 7) is 1.55. The van der Waals surface area contributed by atoms with Crippen molar-refractivity contribution in [1.29, 1.82) is 0 Å². The fourth-order valence-corrected chi connectivity index (χ4v) is 1.90. The molecule has 1 atom stereocenters. The molecule has 1 amide bonds. The Morgan fingerprint density at radius 2 is 1.86 bits per heavy atom. The Morgan fingerprint density at radius 3 is 2.41 bits per heavy atom. The van der Waals surface area contributed by atoms with E-state index in [2.05, 4.69) is 10.1 Å². The first kappa shape index (κ1) is 15.8. The zero-order valence-corrected chi connectivity index (χ0v) is 12.3. The van der Waals surface area contributed by atoms with Gasteiger partial charge in [-0.1, -0.05) is 0 Å². The van der Waals surface area contributed by atoms with E-state index in [4.69, 9.17) is 4.42 Å². The molecular formula is C16H17NO5. The van der Waals surface area contributed by atoms with Crippen LogP contribution in [0.25, 0.3) is 0 Å². The molecule has 0 aliphatic rings. The highest BCUT2D eigenvalue weighted by Crippen LogP contribution is 2.19. The number of hydrogen-bond acceptors (Lipinski definition) is 5. The van der Waals surface area contributed by atoms with Crippen molar-refractivity contribution in [2.45, 2.75) is 12.5 Å². The summed E-state index contributed by atoms with van der Waals surface area (Å²) in [6, 6.07) is 9.34. The first-order valence-electron chi connectivity index (χ1n) is 6.67. The maximum absolute atomic E-state index is 12.0. The summed E-state index contributed by atoms with van der Waals surface area (Å²) in [6.07, 6.45) is 1.46. The minimum atomic E-state index is -1.30. The van der Waals surface area contributed by atoms with Crippen molar-refractivity contribution in [3.63, 3.8) is 0 Å². The summed E-state index contributed by atoms with van der Waals surface area (Å²) in [7, 11) is 1.29. The molecule has 1 aromatic carbocycles. The molecule has 2 N–H and O–H groups in total. The number of esters is 1. The Bertz CT molecular complexity index is 644. The average molecular weight is 303 g/mol. The molecule has 0 aliphatic carbocycles. The van der Waals surface area contributed by atoms with Gasteiger partial charge in [0.2, 0.25) is 0 Å². The lowest BCUT2D eigenvalue weighted by atomic mass is 10.0. The van der Waals surface area contributed by atoms with E-state index in [1.165, 1.54) is 37.6 Å². The molecule has 116 valence electrons. The van der Waals surface area contributed by atoms with Crippen molar-refractivity contribution in [2.75, 3.05) is 13.7 Å². The number of amides is 1. The van der Waals surface area contributed by atoms with Crippen molar-refractivity contribution in [3.05, 3.63) is 59.5 Å². The molecule has 1 unspecified atom stereocenters. The van der Waals surface area contributed by atoms with Gasteiger partial charge < -0.3 is 19.6 Å². The Hall–Kier alpha value is -2.60. The monoisotopic (exact) mass is 303 g/mol. The Balaban J connectivity index is 1.99. The van der Waals surface area contributed by atoms with E-state index in [-0.39, 0.29) is 12.5 Å². The number of hydrogen-bond donors (Lipinski definition) is 2. The molecule has 0 bridgehead atoms. The lowest BCUT2D eigenvalue weighted by Crippen LogP contribution is -2.38. The molecule has 0 fully saturated rings. The molecule has 2 rings (SSSR count). The molecule has 1 heterocycles. The molecule has 0 saturated heterocycles. The van der Waals surface area contributed by atoms with Crippen LogP contribution in [0, 0.1) is 0 Å². The van der Waals surface area contributed by atoms with Crippen LogP contribution in [-0.2, 0) is 10.3 Å². The van der Waals surface area contributed by atoms with Crippen LogP contribution >= 0.6 is 0 Å². The maximum Gasteiger partial charge on any atom is 0.337 e. The summed E-state index contributed by atoms with van der Waals surface area (Å²) >= 11 is 0. The minimum Gasteiger partial charge on any atom is -0.466 e. The number of ether oxygens (including phenoxy) is 1. The van der Waals surface area contributed by atoms with E-state index in [9.17, 15) is 14.7 Å². The topological polar surface area (TPSA) is 88.8 Å². The summed E-state index contributed by atoms with van der Waals surface area (Å²) in [5.74, 6) is -0.454. The van der Waals surface area contributed by atoms with Gasteiger partial charge in [0.1, 0.15) is 11.4 Å². The molecule has 6 nitrogen and oxygen atoms in total. The van der Waals surface area contributed by atoms with E-state index < -0.39 is 11.6 Å². The van der Waals surface area contributed by atoms with E-state index in [1.807, 2.05) is 0 Å². The first-order valence-corrected chi connectivity index (χ1v) is 6.67. The number of rotatable bonds is 5. The zero-order chi connectivity index (χ0) is 16.2. The Labute approximate surface area is 127 Å². The van der Waals surface area contributed by atoms with Crippen molar-refractivity contribution in [1.82, 2.24) is 5.32 Å². The van der Waals surface area contributed by atoms with Gasteiger partial charge in [-0.2, -0.15) is 0 Å². The minimum absolute atomic E-state index is 0.00189. The quantitative estimate of drug-likeness (QED) is 0.821. The van der Waals surface area contributed by atoms with Gasteiger partial charge in [-0.15, -0.1) is 0 Å². The molecule has 0 radical (unpaired) electrons. The second-order valence-electron chi connectivity index (χ2n) is 5.00. The highest BCUT2D eigenvalue weighted by atomic mass is 16.5. The summed E-state index contributed by atoms with van der Waals surface area (Å²) in [5.41, 5.74) is -0.560. The van der Waals surface area contributed by atoms with Crippen molar-refractivity contribution in [3.8, 4) is 0 Å². The van der Waals surface area contributed by atoms with Crippen LogP contribution in [0.2, 0.25) is 0 Å². The standard InChI is InChI=1S/C16H17NO5/c1-16(20,13-4-3-9-22-13)10-17-14(18)11-5-7-12(8-6-11)15(19)21-2/h3-9,20H,10H2,1-2H3,(H,17,18). The van der Waals surface area contributed by atoms with Crippen LogP contribution in [0.4, 0.5) is 0 Å². The smallest absolute Gasteiger partial charge is 0.337 e. The maximum atomic E-state index is 12.0. The number of nitrogens with one attached hydrogen (secondary N) is 1. The van der Waals surface area contributed by atoms with Crippen LogP contribution in [0.5, 0.6) is 0 Å². The molecular weight excluding hydrogens is 286 g/mol. The van der Waals surface area contributed by atoms with Crippen LogP contribution in [0.15, 0.2) is 47.1 Å². The third kappa shape index (κ3) is 3.53. The van der Waals surface area contributed by atoms with Gasteiger partial charge in [-0.25, -0.2) is 4.79 Å². The van der Waals surface area contributed by atoms with Gasteiger partial charge in [-0.3, -0.25) is 4.79 Å². The van der Waals surface area contributed by atoms with Gasteiger partial charge in [0, 0.05) is 5.56 Å².